The van der Waals surface area contributed by atoms with E-state index < -0.39 is 11.2 Å². The first kappa shape index (κ1) is 27.7. The summed E-state index contributed by atoms with van der Waals surface area (Å²) < 4.78 is 13.7. The summed E-state index contributed by atoms with van der Waals surface area (Å²) in [6.45, 7) is 7.85. The van der Waals surface area contributed by atoms with Crippen molar-refractivity contribution < 1.29 is 9.47 Å². The Morgan fingerprint density at radius 2 is 1.56 bits per heavy atom. The molecule has 0 saturated heterocycles. The van der Waals surface area contributed by atoms with Crippen LogP contribution in [0.3, 0.4) is 0 Å². The molecule has 0 amide bonds. The number of nitrogens with zero attached hydrogens (tertiary/aromatic N) is 3. The third kappa shape index (κ3) is 6.97. The second-order valence-electron chi connectivity index (χ2n) is 8.89. The summed E-state index contributed by atoms with van der Waals surface area (Å²) in [4.78, 5) is 35.5. The smallest absolute Gasteiger partial charge is 0.349 e. The maximum absolute atomic E-state index is 12.5. The van der Waals surface area contributed by atoms with Crippen LogP contribution in [-0.2, 0) is 24.3 Å². The Balaban J connectivity index is 0.00000172. The van der Waals surface area contributed by atoms with E-state index in [1.807, 2.05) is 86.0 Å². The van der Waals surface area contributed by atoms with Gasteiger partial charge in [0.1, 0.15) is 12.4 Å². The highest BCUT2D eigenvalue weighted by molar-refractivity contribution is 5.82. The Morgan fingerprint density at radius 3 is 2.28 bits per heavy atom. The van der Waals surface area contributed by atoms with Crippen molar-refractivity contribution >= 4 is 11.0 Å². The lowest BCUT2D eigenvalue weighted by Gasteiger charge is -2.18. The minimum Gasteiger partial charge on any atom is -0.491 e. The van der Waals surface area contributed by atoms with Gasteiger partial charge in [0.2, 0.25) is 0 Å². The minimum atomic E-state index is -0.686. The molecule has 3 aromatic rings. The summed E-state index contributed by atoms with van der Waals surface area (Å²) in [7, 11) is 0. The molecular weight excluding hydrogens is 492 g/mol. The maximum atomic E-state index is 12.5. The molecule has 0 bridgehead atoms. The summed E-state index contributed by atoms with van der Waals surface area (Å²) in [5, 5.41) is 0. The largest absolute Gasteiger partial charge is 0.491 e. The average Bonchev–Trinajstić information content (AvgIpc) is 2.95. The van der Waals surface area contributed by atoms with E-state index in [0.717, 1.165) is 29.5 Å². The predicted octanol–water partition coefficient (Wildman–Crippen LogP) is 5.15. The van der Waals surface area contributed by atoms with Crippen LogP contribution in [0.2, 0.25) is 0 Å². The van der Waals surface area contributed by atoms with E-state index in [9.17, 15) is 9.59 Å². The number of rotatable bonds is 10. The number of ether oxygens (including phenoxy) is 2. The molecule has 202 valence electrons. The molecule has 0 saturated carbocycles. The Bertz CT molecular complexity index is 1580. The van der Waals surface area contributed by atoms with Crippen molar-refractivity contribution in [2.45, 2.75) is 46.8 Å². The van der Waals surface area contributed by atoms with Crippen LogP contribution in [0.5, 0.6) is 5.75 Å². The SMILES string of the molecule is CC.Cc1cc2nc3c(=O)[nH]c(=O)nc-3n(CCCc3ccccc3)c2cc1OCCOCc1ccccc1. The van der Waals surface area contributed by atoms with Crippen LogP contribution in [0.25, 0.3) is 22.6 Å². The number of aromatic nitrogens is 4. The second-order valence-corrected chi connectivity index (χ2v) is 8.89. The quantitative estimate of drug-likeness (QED) is 0.200. The zero-order chi connectivity index (χ0) is 27.6. The Labute approximate surface area is 227 Å². The van der Waals surface area contributed by atoms with Crippen molar-refractivity contribution in [3.63, 3.8) is 0 Å². The van der Waals surface area contributed by atoms with E-state index in [4.69, 9.17) is 9.47 Å². The van der Waals surface area contributed by atoms with Crippen LogP contribution < -0.4 is 16.0 Å². The Hall–Kier alpha value is -4.30. The fourth-order valence-corrected chi connectivity index (χ4v) is 4.37. The molecule has 39 heavy (non-hydrogen) atoms. The van der Waals surface area contributed by atoms with Crippen molar-refractivity contribution in [1.29, 1.82) is 0 Å². The van der Waals surface area contributed by atoms with Gasteiger partial charge in [-0.3, -0.25) is 9.78 Å². The first-order valence-corrected chi connectivity index (χ1v) is 13.3. The van der Waals surface area contributed by atoms with Crippen LogP contribution >= 0.6 is 0 Å². The summed E-state index contributed by atoms with van der Waals surface area (Å²) in [5.74, 6) is 0.969. The van der Waals surface area contributed by atoms with Crippen LogP contribution in [0.15, 0.2) is 82.4 Å². The van der Waals surface area contributed by atoms with E-state index in [-0.39, 0.29) is 11.5 Å². The Kier molecular flexibility index (Phi) is 9.58. The van der Waals surface area contributed by atoms with Crippen molar-refractivity contribution in [3.8, 4) is 17.3 Å². The normalized spacial score (nSPS) is 10.8. The van der Waals surface area contributed by atoms with E-state index in [0.29, 0.717) is 37.6 Å². The lowest BCUT2D eigenvalue weighted by atomic mass is 10.1. The fourth-order valence-electron chi connectivity index (χ4n) is 4.37. The predicted molar refractivity (Wildman–Crippen MR) is 153 cm³/mol. The van der Waals surface area contributed by atoms with E-state index in [2.05, 4.69) is 27.1 Å². The van der Waals surface area contributed by atoms with Gasteiger partial charge < -0.3 is 14.0 Å². The Morgan fingerprint density at radius 1 is 0.872 bits per heavy atom. The molecule has 0 unspecified atom stereocenters. The maximum Gasteiger partial charge on any atom is 0.349 e. The van der Waals surface area contributed by atoms with Crippen LogP contribution in [0, 0.1) is 6.92 Å². The second kappa shape index (κ2) is 13.5. The van der Waals surface area contributed by atoms with Gasteiger partial charge in [0.05, 0.1) is 24.2 Å². The summed E-state index contributed by atoms with van der Waals surface area (Å²) in [6.07, 6.45) is 1.64. The van der Waals surface area contributed by atoms with Gasteiger partial charge in [0.15, 0.2) is 11.5 Å². The number of nitrogens with one attached hydrogen (secondary N) is 1. The molecular formula is C31H34N4O4. The number of aryl methyl sites for hydroxylation is 3. The van der Waals surface area contributed by atoms with Gasteiger partial charge in [0.25, 0.3) is 5.56 Å². The molecule has 0 atom stereocenters. The third-order valence-corrected chi connectivity index (χ3v) is 6.19. The van der Waals surface area contributed by atoms with Crippen LogP contribution in [0.4, 0.5) is 0 Å². The van der Waals surface area contributed by atoms with Crippen molar-refractivity contribution in [2.24, 2.45) is 0 Å². The molecule has 5 rings (SSSR count). The van der Waals surface area contributed by atoms with E-state index >= 15 is 0 Å². The molecule has 2 aliphatic heterocycles. The molecule has 8 heteroatoms. The fraction of sp³-hybridized carbons (Fsp3) is 0.290. The number of hydrogen-bond donors (Lipinski definition) is 1. The molecule has 0 aliphatic carbocycles. The molecule has 0 radical (unpaired) electrons. The first-order chi connectivity index (χ1) is 19.1. The molecule has 3 aromatic carbocycles. The molecule has 0 fully saturated rings. The number of H-pyrrole nitrogens is 1. The van der Waals surface area contributed by atoms with Gasteiger partial charge >= 0.3 is 5.69 Å². The lowest BCUT2D eigenvalue weighted by molar-refractivity contribution is 0.0887. The van der Waals surface area contributed by atoms with Crippen molar-refractivity contribution in [3.05, 3.63) is 110 Å². The number of aromatic amines is 1. The zero-order valence-electron chi connectivity index (χ0n) is 22.6. The molecule has 2 heterocycles. The summed E-state index contributed by atoms with van der Waals surface area (Å²) in [6, 6.07) is 24.0. The standard InChI is InChI=1S/C29H28N4O4.C2H6/c1-20-17-23-24(18-25(20)37-16-15-36-19-22-11-6-3-7-12-22)33(14-8-13-21-9-4-2-5-10-21)27-26(30-23)28(34)32-29(35)31-27;1-2/h2-7,9-12,17-18H,8,13-16,19H2,1H3,(H,32,34,35);1-2H3. The highest BCUT2D eigenvalue weighted by Gasteiger charge is 2.19. The number of benzene rings is 3. The molecule has 1 N–H and O–H groups in total. The molecule has 2 aliphatic rings. The average molecular weight is 527 g/mol. The highest BCUT2D eigenvalue weighted by Crippen LogP contribution is 2.28. The van der Waals surface area contributed by atoms with Gasteiger partial charge in [-0.2, -0.15) is 4.98 Å². The number of fused-ring (bicyclic) bond motifs is 2. The number of hydrogen-bond acceptors (Lipinski definition) is 6. The monoisotopic (exact) mass is 526 g/mol. The summed E-state index contributed by atoms with van der Waals surface area (Å²) in [5.41, 5.74) is 3.54. The molecule has 8 nitrogen and oxygen atoms in total. The van der Waals surface area contributed by atoms with Gasteiger partial charge in [-0.1, -0.05) is 74.5 Å². The topological polar surface area (TPSA) is 99.1 Å². The lowest BCUT2D eigenvalue weighted by Crippen LogP contribution is -2.29. The van der Waals surface area contributed by atoms with Crippen molar-refractivity contribution in [1.82, 2.24) is 19.5 Å². The zero-order valence-corrected chi connectivity index (χ0v) is 22.6. The van der Waals surface area contributed by atoms with Crippen LogP contribution in [-0.4, -0.2) is 32.7 Å². The van der Waals surface area contributed by atoms with Gasteiger partial charge in [-0.05, 0) is 42.5 Å². The third-order valence-electron chi connectivity index (χ3n) is 6.19. The highest BCUT2D eigenvalue weighted by atomic mass is 16.5. The van der Waals surface area contributed by atoms with Crippen LogP contribution in [0.1, 0.15) is 37.0 Å². The van der Waals surface area contributed by atoms with Crippen molar-refractivity contribution in [2.75, 3.05) is 13.2 Å². The van der Waals surface area contributed by atoms with Gasteiger partial charge in [-0.15, -0.1) is 0 Å². The summed E-state index contributed by atoms with van der Waals surface area (Å²) >= 11 is 0. The van der Waals surface area contributed by atoms with E-state index in [1.54, 1.807) is 0 Å². The van der Waals surface area contributed by atoms with Gasteiger partial charge in [-0.25, -0.2) is 9.78 Å². The van der Waals surface area contributed by atoms with Gasteiger partial charge in [0, 0.05) is 12.6 Å². The first-order valence-electron chi connectivity index (χ1n) is 13.3. The minimum absolute atomic E-state index is 0.147. The van der Waals surface area contributed by atoms with E-state index in [1.165, 1.54) is 5.56 Å². The molecule has 0 spiro atoms. The molecule has 0 aromatic heterocycles.